The van der Waals surface area contributed by atoms with Crippen LogP contribution >= 0.6 is 0 Å². The number of nitrogens with zero attached hydrogens (tertiary/aromatic N) is 1. The fraction of sp³-hybridized carbons (Fsp3) is 0.533. The number of rotatable bonds is 19. The number of ether oxygens (including phenoxy) is 1. The zero-order valence-corrected chi connectivity index (χ0v) is 21.1. The van der Waals surface area contributed by atoms with Crippen molar-refractivity contribution >= 4 is 12.1 Å². The lowest BCUT2D eigenvalue weighted by Gasteiger charge is -2.06. The van der Waals surface area contributed by atoms with Crippen LogP contribution in [0, 0.1) is 0 Å². The first-order valence-corrected chi connectivity index (χ1v) is 13.4. The molecule has 0 saturated carbocycles. The molecule has 0 bridgehead atoms. The molecule has 0 aromatic heterocycles. The Morgan fingerprint density at radius 1 is 0.765 bits per heavy atom. The van der Waals surface area contributed by atoms with Crippen LogP contribution in [0.1, 0.15) is 108 Å². The molecule has 0 aliphatic heterocycles. The van der Waals surface area contributed by atoms with Gasteiger partial charge in [-0.3, -0.25) is 4.79 Å². The predicted molar refractivity (Wildman–Crippen MR) is 143 cm³/mol. The molecule has 2 rings (SSSR count). The van der Waals surface area contributed by atoms with Crippen molar-refractivity contribution in [3.8, 4) is 5.75 Å². The topological polar surface area (TPSA) is 50.7 Å². The van der Waals surface area contributed by atoms with Crippen molar-refractivity contribution < 1.29 is 9.53 Å². The van der Waals surface area contributed by atoms with Crippen molar-refractivity contribution in [3.05, 3.63) is 65.7 Å². The first-order valence-electron chi connectivity index (χ1n) is 13.4. The summed E-state index contributed by atoms with van der Waals surface area (Å²) in [6, 6.07) is 17.8. The Morgan fingerprint density at radius 2 is 1.32 bits per heavy atom. The maximum absolute atomic E-state index is 12.0. The summed E-state index contributed by atoms with van der Waals surface area (Å²) in [5, 5.41) is 4.08. The highest BCUT2D eigenvalue weighted by molar-refractivity contribution is 5.82. The quantitative estimate of drug-likeness (QED) is 0.129. The Kier molecular flexibility index (Phi) is 15.2. The van der Waals surface area contributed by atoms with Crippen LogP contribution in [0.2, 0.25) is 0 Å². The van der Waals surface area contributed by atoms with Crippen molar-refractivity contribution in [1.29, 1.82) is 0 Å². The molecule has 0 fully saturated rings. The third-order valence-corrected chi connectivity index (χ3v) is 6.04. The third kappa shape index (κ3) is 13.8. The molecule has 0 radical (unpaired) electrons. The number of amides is 1. The summed E-state index contributed by atoms with van der Waals surface area (Å²) in [5.74, 6) is 0.801. The minimum absolute atomic E-state index is 0.0119. The molecular weight excluding hydrogens is 420 g/mol. The van der Waals surface area contributed by atoms with E-state index < -0.39 is 0 Å². The van der Waals surface area contributed by atoms with Gasteiger partial charge in [-0.15, -0.1) is 0 Å². The lowest BCUT2D eigenvalue weighted by Crippen LogP contribution is -2.16. The lowest BCUT2D eigenvalue weighted by molar-refractivity contribution is -0.121. The number of unbranched alkanes of at least 4 members (excludes halogenated alkanes) is 12. The highest BCUT2D eigenvalue weighted by Crippen LogP contribution is 2.14. The molecule has 34 heavy (non-hydrogen) atoms. The van der Waals surface area contributed by atoms with E-state index in [1.807, 2.05) is 54.6 Å². The summed E-state index contributed by atoms with van der Waals surface area (Å²) in [5.41, 5.74) is 4.70. The fourth-order valence-electron chi connectivity index (χ4n) is 3.93. The van der Waals surface area contributed by atoms with Gasteiger partial charge in [-0.1, -0.05) is 114 Å². The minimum Gasteiger partial charge on any atom is -0.489 e. The Bertz CT molecular complexity index is 787. The van der Waals surface area contributed by atoms with Crippen molar-refractivity contribution in [2.75, 3.05) is 0 Å². The number of benzene rings is 2. The van der Waals surface area contributed by atoms with Gasteiger partial charge in [0, 0.05) is 6.42 Å². The Labute approximate surface area is 207 Å². The van der Waals surface area contributed by atoms with Gasteiger partial charge in [0.05, 0.1) is 6.21 Å². The van der Waals surface area contributed by atoms with E-state index in [0.717, 1.165) is 29.7 Å². The zero-order chi connectivity index (χ0) is 24.1. The molecular formula is C30H44N2O2. The van der Waals surface area contributed by atoms with Crippen LogP contribution in [-0.4, -0.2) is 12.1 Å². The molecule has 4 heteroatoms. The molecule has 0 spiro atoms. The number of nitrogens with one attached hydrogen (secondary N) is 1. The largest absolute Gasteiger partial charge is 0.489 e. The smallest absolute Gasteiger partial charge is 0.240 e. The summed E-state index contributed by atoms with van der Waals surface area (Å²) in [4.78, 5) is 12.0. The number of hydrogen-bond acceptors (Lipinski definition) is 3. The third-order valence-electron chi connectivity index (χ3n) is 6.04. The maximum atomic E-state index is 12.0. The molecule has 186 valence electrons. The average molecular weight is 465 g/mol. The van der Waals surface area contributed by atoms with E-state index >= 15 is 0 Å². The van der Waals surface area contributed by atoms with Gasteiger partial charge in [0.1, 0.15) is 12.4 Å². The van der Waals surface area contributed by atoms with Crippen molar-refractivity contribution in [1.82, 2.24) is 5.43 Å². The summed E-state index contributed by atoms with van der Waals surface area (Å²) < 4.78 is 5.79. The molecule has 0 aliphatic rings. The van der Waals surface area contributed by atoms with E-state index in [1.165, 1.54) is 70.6 Å². The van der Waals surface area contributed by atoms with Crippen LogP contribution in [0.15, 0.2) is 59.7 Å². The molecule has 2 aromatic rings. The van der Waals surface area contributed by atoms with Gasteiger partial charge in [-0.25, -0.2) is 5.43 Å². The Balaban J connectivity index is 1.44. The second-order valence-corrected chi connectivity index (χ2v) is 9.13. The zero-order valence-electron chi connectivity index (χ0n) is 21.1. The molecule has 0 unspecified atom stereocenters. The van der Waals surface area contributed by atoms with Gasteiger partial charge < -0.3 is 4.74 Å². The number of hydrazone groups is 1. The normalized spacial score (nSPS) is 11.1. The van der Waals surface area contributed by atoms with Crippen molar-refractivity contribution in [2.24, 2.45) is 5.10 Å². The van der Waals surface area contributed by atoms with Crippen LogP contribution in [-0.2, 0) is 11.4 Å². The van der Waals surface area contributed by atoms with Crippen LogP contribution in [0.4, 0.5) is 0 Å². The number of carbonyl (C=O) groups is 1. The van der Waals surface area contributed by atoms with Gasteiger partial charge in [0.2, 0.25) is 5.91 Å². The molecule has 2 aromatic carbocycles. The standard InChI is InChI=1S/C30H44N2O2/c1-2-3-4-5-6-7-8-9-10-11-12-13-17-20-30(33)32-31-25-27-21-23-29(24-22-27)34-26-28-18-15-14-16-19-28/h14-16,18-19,21-25H,2-13,17,20,26H2,1H3,(H,32,33). The van der Waals surface area contributed by atoms with Crippen LogP contribution < -0.4 is 10.2 Å². The van der Waals surface area contributed by atoms with Crippen molar-refractivity contribution in [2.45, 2.75) is 103 Å². The van der Waals surface area contributed by atoms with Gasteiger partial charge in [0.15, 0.2) is 0 Å². The van der Waals surface area contributed by atoms with Gasteiger partial charge in [0.25, 0.3) is 0 Å². The van der Waals surface area contributed by atoms with Crippen molar-refractivity contribution in [3.63, 3.8) is 0 Å². The lowest BCUT2D eigenvalue weighted by atomic mass is 10.0. The predicted octanol–water partition coefficient (Wildman–Crippen LogP) is 8.20. The maximum Gasteiger partial charge on any atom is 0.240 e. The van der Waals surface area contributed by atoms with E-state index in [0.29, 0.717) is 13.0 Å². The monoisotopic (exact) mass is 464 g/mol. The van der Waals surface area contributed by atoms with Crippen LogP contribution in [0.5, 0.6) is 5.75 Å². The molecule has 4 nitrogen and oxygen atoms in total. The van der Waals surface area contributed by atoms with E-state index in [2.05, 4.69) is 17.5 Å². The van der Waals surface area contributed by atoms with Crippen LogP contribution in [0.25, 0.3) is 0 Å². The summed E-state index contributed by atoms with van der Waals surface area (Å²) in [6.45, 7) is 2.81. The molecule has 0 aliphatic carbocycles. The Hall–Kier alpha value is -2.62. The van der Waals surface area contributed by atoms with Gasteiger partial charge >= 0.3 is 0 Å². The molecule has 0 saturated heterocycles. The second-order valence-electron chi connectivity index (χ2n) is 9.13. The average Bonchev–Trinajstić information content (AvgIpc) is 2.87. The van der Waals surface area contributed by atoms with E-state index in [9.17, 15) is 4.79 Å². The minimum atomic E-state index is -0.0119. The van der Waals surface area contributed by atoms with E-state index in [4.69, 9.17) is 4.74 Å². The van der Waals surface area contributed by atoms with Crippen LogP contribution in [0.3, 0.4) is 0 Å². The number of carbonyl (C=O) groups excluding carboxylic acids is 1. The van der Waals surface area contributed by atoms with E-state index in [1.54, 1.807) is 6.21 Å². The second kappa shape index (κ2) is 18.8. The summed E-state index contributed by atoms with van der Waals surface area (Å²) >= 11 is 0. The van der Waals surface area contributed by atoms with E-state index in [-0.39, 0.29) is 5.91 Å². The molecule has 1 amide bonds. The SMILES string of the molecule is CCCCCCCCCCCCCCCC(=O)NN=Cc1ccc(OCc2ccccc2)cc1. The Morgan fingerprint density at radius 3 is 1.91 bits per heavy atom. The van der Waals surface area contributed by atoms with Gasteiger partial charge in [-0.2, -0.15) is 5.10 Å². The molecule has 0 atom stereocenters. The fourth-order valence-corrected chi connectivity index (χ4v) is 3.93. The summed E-state index contributed by atoms with van der Waals surface area (Å²) in [7, 11) is 0. The first-order chi connectivity index (χ1) is 16.8. The number of hydrogen-bond donors (Lipinski definition) is 1. The molecule has 1 N–H and O–H groups in total. The first kappa shape index (κ1) is 27.6. The summed E-state index contributed by atoms with van der Waals surface area (Å²) in [6.07, 6.45) is 19.2. The van der Waals surface area contributed by atoms with Gasteiger partial charge in [-0.05, 0) is 41.8 Å². The highest BCUT2D eigenvalue weighted by atomic mass is 16.5. The molecule has 0 heterocycles. The highest BCUT2D eigenvalue weighted by Gasteiger charge is 2.00.